The Balaban J connectivity index is 1.56. The van der Waals surface area contributed by atoms with Crippen molar-refractivity contribution in [3.05, 3.63) is 36.0 Å². The smallest absolute Gasteiger partial charge is 0.215 e. The molecular weight excluding hydrogens is 380 g/mol. The average molecular weight is 409 g/mol. The molecule has 1 aliphatic rings. The van der Waals surface area contributed by atoms with Gasteiger partial charge in [-0.05, 0) is 57.7 Å². The Kier molecular flexibility index (Phi) is 6.11. The second kappa shape index (κ2) is 9.11. The maximum absolute atomic E-state index is 6.20. The Morgan fingerprint density at radius 1 is 1.10 bits per heavy atom. The average Bonchev–Trinajstić information content (AvgIpc) is 3.11. The predicted octanol–water partition coefficient (Wildman–Crippen LogP) is 4.43. The molecule has 1 aliphatic carbocycles. The molecule has 30 heavy (non-hydrogen) atoms. The van der Waals surface area contributed by atoms with Crippen LogP contribution in [-0.4, -0.2) is 37.7 Å². The van der Waals surface area contributed by atoms with Gasteiger partial charge in [-0.2, -0.15) is 4.98 Å². The normalized spacial score (nSPS) is 14.5. The first-order valence-electron chi connectivity index (χ1n) is 10.5. The number of hydrogen-bond donors (Lipinski definition) is 1. The van der Waals surface area contributed by atoms with Gasteiger partial charge in [0.15, 0.2) is 11.5 Å². The second-order valence-electron chi connectivity index (χ2n) is 7.49. The van der Waals surface area contributed by atoms with Crippen LogP contribution >= 0.6 is 0 Å². The first kappa shape index (κ1) is 20.1. The van der Waals surface area contributed by atoms with Crippen molar-refractivity contribution in [3.8, 4) is 23.0 Å². The van der Waals surface area contributed by atoms with E-state index in [-0.39, 0.29) is 0 Å². The highest BCUT2D eigenvalue weighted by Gasteiger charge is 2.19. The number of aryl methyl sites for hydroxylation is 2. The van der Waals surface area contributed by atoms with Crippen LogP contribution in [0.15, 0.2) is 30.3 Å². The summed E-state index contributed by atoms with van der Waals surface area (Å²) in [4.78, 5) is 9.21. The molecule has 1 saturated carbocycles. The number of hydrogen-bond acceptors (Lipinski definition) is 7. The van der Waals surface area contributed by atoms with Crippen LogP contribution in [0.5, 0.6) is 11.6 Å². The zero-order valence-corrected chi connectivity index (χ0v) is 17.8. The quantitative estimate of drug-likeness (QED) is 0.618. The van der Waals surface area contributed by atoms with Gasteiger partial charge in [0.1, 0.15) is 11.6 Å². The number of ether oxygens (including phenoxy) is 2. The van der Waals surface area contributed by atoms with E-state index in [1.807, 2.05) is 51.2 Å². The summed E-state index contributed by atoms with van der Waals surface area (Å²) in [5.74, 6) is 2.78. The van der Waals surface area contributed by atoms with Crippen LogP contribution in [-0.2, 0) is 7.05 Å². The van der Waals surface area contributed by atoms with E-state index in [0.29, 0.717) is 35.9 Å². The van der Waals surface area contributed by atoms with Gasteiger partial charge in [-0.15, -0.1) is 5.10 Å². The van der Waals surface area contributed by atoms with Crippen LogP contribution in [0.1, 0.15) is 44.7 Å². The fourth-order valence-corrected chi connectivity index (χ4v) is 3.67. The zero-order chi connectivity index (χ0) is 20.9. The Morgan fingerprint density at radius 3 is 2.70 bits per heavy atom. The van der Waals surface area contributed by atoms with Gasteiger partial charge in [0.25, 0.3) is 0 Å². The molecule has 1 fully saturated rings. The highest BCUT2D eigenvalue weighted by Crippen LogP contribution is 2.30. The van der Waals surface area contributed by atoms with Crippen molar-refractivity contribution in [2.45, 2.75) is 52.1 Å². The molecule has 1 N–H and O–H groups in total. The highest BCUT2D eigenvalue weighted by molar-refractivity contribution is 5.72. The lowest BCUT2D eigenvalue weighted by Crippen LogP contribution is -2.20. The Labute approximate surface area is 176 Å². The zero-order valence-electron chi connectivity index (χ0n) is 17.8. The molecule has 4 rings (SSSR count). The van der Waals surface area contributed by atoms with Gasteiger partial charge in [0.2, 0.25) is 5.88 Å². The molecule has 0 amide bonds. The predicted molar refractivity (Wildman–Crippen MR) is 115 cm³/mol. The van der Waals surface area contributed by atoms with Crippen molar-refractivity contribution in [3.63, 3.8) is 0 Å². The summed E-state index contributed by atoms with van der Waals surface area (Å²) in [5.41, 5.74) is 2.25. The van der Waals surface area contributed by atoms with Gasteiger partial charge in [0, 0.05) is 13.1 Å². The lowest BCUT2D eigenvalue weighted by molar-refractivity contribution is 0.153. The largest absolute Gasteiger partial charge is 0.489 e. The monoisotopic (exact) mass is 408 g/mol. The molecule has 0 radical (unpaired) electrons. The van der Waals surface area contributed by atoms with Gasteiger partial charge < -0.3 is 14.8 Å². The first-order valence-corrected chi connectivity index (χ1v) is 10.5. The number of aromatic nitrogens is 5. The number of anilines is 2. The van der Waals surface area contributed by atoms with Crippen LogP contribution in [0.3, 0.4) is 0 Å². The van der Waals surface area contributed by atoms with E-state index in [9.17, 15) is 0 Å². The summed E-state index contributed by atoms with van der Waals surface area (Å²) in [6, 6.07) is 9.51. The fraction of sp³-hybridized carbons (Fsp3) is 0.455. The molecule has 0 aliphatic heterocycles. The molecule has 0 spiro atoms. The minimum atomic E-state index is 0.294. The summed E-state index contributed by atoms with van der Waals surface area (Å²) in [6.07, 6.45) is 6.31. The minimum absolute atomic E-state index is 0.294. The molecule has 0 atom stereocenters. The molecular formula is C22H28N6O2. The lowest BCUT2D eigenvalue weighted by Gasteiger charge is -2.23. The van der Waals surface area contributed by atoms with E-state index < -0.39 is 0 Å². The molecule has 0 unspecified atom stereocenters. The van der Waals surface area contributed by atoms with Crippen molar-refractivity contribution >= 4 is 11.6 Å². The maximum Gasteiger partial charge on any atom is 0.215 e. The molecule has 3 aromatic rings. The summed E-state index contributed by atoms with van der Waals surface area (Å²) in [7, 11) is 1.83. The van der Waals surface area contributed by atoms with Crippen molar-refractivity contribution in [1.82, 2.24) is 25.0 Å². The van der Waals surface area contributed by atoms with E-state index >= 15 is 0 Å². The third kappa shape index (κ3) is 4.53. The second-order valence-corrected chi connectivity index (χ2v) is 7.49. The molecule has 3 heterocycles. The molecule has 0 saturated heterocycles. The highest BCUT2D eigenvalue weighted by atomic mass is 16.5. The Morgan fingerprint density at radius 2 is 1.93 bits per heavy atom. The van der Waals surface area contributed by atoms with Crippen molar-refractivity contribution < 1.29 is 9.47 Å². The lowest BCUT2D eigenvalue weighted by atomic mass is 9.98. The van der Waals surface area contributed by atoms with Gasteiger partial charge in [-0.3, -0.25) is 0 Å². The number of nitrogens with zero attached hydrogens (tertiary/aromatic N) is 5. The molecule has 8 nitrogen and oxygen atoms in total. The van der Waals surface area contributed by atoms with Crippen LogP contribution in [0.4, 0.5) is 11.6 Å². The molecule has 8 heteroatoms. The third-order valence-electron chi connectivity index (χ3n) is 5.21. The van der Waals surface area contributed by atoms with E-state index in [4.69, 9.17) is 14.5 Å². The van der Waals surface area contributed by atoms with E-state index in [0.717, 1.165) is 30.0 Å². The van der Waals surface area contributed by atoms with Crippen LogP contribution in [0.2, 0.25) is 0 Å². The Bertz CT molecular complexity index is 997. The van der Waals surface area contributed by atoms with E-state index in [1.54, 1.807) is 4.68 Å². The van der Waals surface area contributed by atoms with Crippen LogP contribution in [0.25, 0.3) is 11.4 Å². The molecule has 3 aromatic heterocycles. The van der Waals surface area contributed by atoms with Crippen LogP contribution < -0.4 is 14.8 Å². The fourth-order valence-electron chi connectivity index (χ4n) is 3.67. The summed E-state index contributed by atoms with van der Waals surface area (Å²) in [6.45, 7) is 4.46. The van der Waals surface area contributed by atoms with Gasteiger partial charge >= 0.3 is 0 Å². The van der Waals surface area contributed by atoms with Gasteiger partial charge in [0.05, 0.1) is 24.1 Å². The van der Waals surface area contributed by atoms with E-state index in [2.05, 4.69) is 20.6 Å². The van der Waals surface area contributed by atoms with Crippen molar-refractivity contribution in [1.29, 1.82) is 0 Å². The first-order chi connectivity index (χ1) is 14.6. The maximum atomic E-state index is 6.20. The van der Waals surface area contributed by atoms with Crippen molar-refractivity contribution in [2.75, 3.05) is 11.9 Å². The van der Waals surface area contributed by atoms with Crippen LogP contribution in [0, 0.1) is 6.92 Å². The standard InChI is InChI=1S/C22H28N6O2/c1-4-29-20-12-8-11-19(24-20)25-22-21(26-27-28(22)3)17-13-14-18(15(2)23-17)30-16-9-6-5-7-10-16/h8,11-14,16H,4-7,9-10H2,1-3H3,(H,24,25). The molecule has 0 bridgehead atoms. The van der Waals surface area contributed by atoms with Gasteiger partial charge in [-0.1, -0.05) is 17.7 Å². The number of rotatable bonds is 7. The number of nitrogens with one attached hydrogen (secondary N) is 1. The number of pyridine rings is 2. The van der Waals surface area contributed by atoms with Gasteiger partial charge in [-0.25, -0.2) is 9.67 Å². The van der Waals surface area contributed by atoms with Crippen molar-refractivity contribution in [2.24, 2.45) is 7.05 Å². The SMILES string of the molecule is CCOc1cccc(Nc2c(-c3ccc(OC4CCCCC4)c(C)n3)nnn2C)n1. The third-order valence-corrected chi connectivity index (χ3v) is 5.21. The summed E-state index contributed by atoms with van der Waals surface area (Å²) >= 11 is 0. The summed E-state index contributed by atoms with van der Waals surface area (Å²) in [5, 5.41) is 11.8. The topological polar surface area (TPSA) is 87.0 Å². The van der Waals surface area contributed by atoms with E-state index in [1.165, 1.54) is 19.3 Å². The molecule has 0 aromatic carbocycles. The summed E-state index contributed by atoms with van der Waals surface area (Å²) < 4.78 is 13.4. The minimum Gasteiger partial charge on any atom is -0.489 e. The Hall–Kier alpha value is -3.16. The molecule has 158 valence electrons.